The third-order valence-corrected chi connectivity index (χ3v) is 4.53. The minimum atomic E-state index is -0.720. The van der Waals surface area contributed by atoms with E-state index in [1.165, 1.54) is 12.1 Å². The Morgan fingerprint density at radius 3 is 2.45 bits per heavy atom. The van der Waals surface area contributed by atoms with Crippen LogP contribution in [-0.4, -0.2) is 37.6 Å². The van der Waals surface area contributed by atoms with Crippen LogP contribution >= 0.6 is 0 Å². The van der Waals surface area contributed by atoms with E-state index in [-0.39, 0.29) is 29.8 Å². The maximum absolute atomic E-state index is 13.6. The average Bonchev–Trinajstić information content (AvgIpc) is 2.75. The summed E-state index contributed by atoms with van der Waals surface area (Å²) in [5, 5.41) is 17.5. The number of nitriles is 1. The Bertz CT molecular complexity index is 939. The van der Waals surface area contributed by atoms with Crippen LogP contribution in [0.1, 0.15) is 36.7 Å². The third kappa shape index (κ3) is 6.71. The Balaban J connectivity index is 1.90. The standard InChI is InChI=1S/C23H27FN4O3/c1-4-31-17-10-8-16(9-11-17)22(29)28-21(15(2)3)23(30)27-13-12-26-20-7-5-6-19(24)18(20)14-25/h5-11,15,21,26H,4,12-13H2,1-3H3,(H,27,30)(H,28,29). The van der Waals surface area contributed by atoms with Gasteiger partial charge in [0.25, 0.3) is 5.91 Å². The van der Waals surface area contributed by atoms with Gasteiger partial charge >= 0.3 is 0 Å². The summed E-state index contributed by atoms with van der Waals surface area (Å²) in [7, 11) is 0. The summed E-state index contributed by atoms with van der Waals surface area (Å²) in [4.78, 5) is 25.1. The molecule has 8 heteroatoms. The number of rotatable bonds is 10. The highest BCUT2D eigenvalue weighted by molar-refractivity contribution is 5.97. The van der Waals surface area contributed by atoms with Crippen LogP contribution in [0.4, 0.5) is 10.1 Å². The number of nitrogens with zero attached hydrogens (tertiary/aromatic N) is 1. The van der Waals surface area contributed by atoms with E-state index in [0.717, 1.165) is 0 Å². The monoisotopic (exact) mass is 426 g/mol. The molecule has 0 aliphatic heterocycles. The first-order valence-electron chi connectivity index (χ1n) is 10.1. The largest absolute Gasteiger partial charge is 0.494 e. The summed E-state index contributed by atoms with van der Waals surface area (Å²) >= 11 is 0. The zero-order chi connectivity index (χ0) is 22.8. The van der Waals surface area contributed by atoms with Crippen molar-refractivity contribution in [1.82, 2.24) is 10.6 Å². The first-order valence-corrected chi connectivity index (χ1v) is 10.1. The van der Waals surface area contributed by atoms with Crippen LogP contribution in [0.3, 0.4) is 0 Å². The lowest BCUT2D eigenvalue weighted by Crippen LogP contribution is -2.50. The van der Waals surface area contributed by atoms with Gasteiger partial charge in [-0.3, -0.25) is 9.59 Å². The fraction of sp³-hybridized carbons (Fsp3) is 0.348. The predicted octanol–water partition coefficient (Wildman–Crippen LogP) is 3.08. The number of ether oxygens (including phenoxy) is 1. The van der Waals surface area contributed by atoms with E-state index in [4.69, 9.17) is 10.00 Å². The molecule has 7 nitrogen and oxygen atoms in total. The Hall–Kier alpha value is -3.60. The van der Waals surface area contributed by atoms with Crippen molar-refractivity contribution in [1.29, 1.82) is 5.26 Å². The van der Waals surface area contributed by atoms with Gasteiger partial charge in [-0.2, -0.15) is 5.26 Å². The number of benzene rings is 2. The molecule has 0 aliphatic rings. The summed E-state index contributed by atoms with van der Waals surface area (Å²) in [5.41, 5.74) is 0.719. The first-order chi connectivity index (χ1) is 14.9. The van der Waals surface area contributed by atoms with Gasteiger partial charge in [-0.05, 0) is 49.2 Å². The highest BCUT2D eigenvalue weighted by Crippen LogP contribution is 2.17. The molecular weight excluding hydrogens is 399 g/mol. The molecule has 2 rings (SSSR count). The van der Waals surface area contributed by atoms with E-state index >= 15 is 0 Å². The topological polar surface area (TPSA) is 103 Å². The fourth-order valence-corrected chi connectivity index (χ4v) is 2.91. The number of anilines is 1. The highest BCUT2D eigenvalue weighted by atomic mass is 19.1. The highest BCUT2D eigenvalue weighted by Gasteiger charge is 2.24. The van der Waals surface area contributed by atoms with Crippen molar-refractivity contribution < 1.29 is 18.7 Å². The molecule has 3 N–H and O–H groups in total. The summed E-state index contributed by atoms with van der Waals surface area (Å²) in [5.74, 6) is -0.742. The van der Waals surface area contributed by atoms with Crippen molar-refractivity contribution in [2.75, 3.05) is 25.0 Å². The number of carbonyl (C=O) groups is 2. The second-order valence-corrected chi connectivity index (χ2v) is 7.14. The molecule has 0 spiro atoms. The summed E-state index contributed by atoms with van der Waals surface area (Å²) < 4.78 is 19.0. The summed E-state index contributed by atoms with van der Waals surface area (Å²) in [6, 6.07) is 12.1. The molecule has 0 fully saturated rings. The molecule has 0 aromatic heterocycles. The van der Waals surface area contributed by atoms with E-state index in [9.17, 15) is 14.0 Å². The zero-order valence-corrected chi connectivity index (χ0v) is 17.9. The van der Waals surface area contributed by atoms with E-state index in [1.54, 1.807) is 30.3 Å². The number of halogens is 1. The number of carbonyl (C=O) groups excluding carboxylic acids is 2. The fourth-order valence-electron chi connectivity index (χ4n) is 2.91. The van der Waals surface area contributed by atoms with Gasteiger partial charge in [-0.25, -0.2) is 4.39 Å². The van der Waals surface area contributed by atoms with E-state index < -0.39 is 11.9 Å². The Labute approximate surface area is 181 Å². The third-order valence-electron chi connectivity index (χ3n) is 4.53. The first kappa shape index (κ1) is 23.7. The maximum Gasteiger partial charge on any atom is 0.251 e. The summed E-state index contributed by atoms with van der Waals surface area (Å²) in [6.07, 6.45) is 0. The minimum Gasteiger partial charge on any atom is -0.494 e. The van der Waals surface area contributed by atoms with Gasteiger partial charge in [0.15, 0.2) is 0 Å². The van der Waals surface area contributed by atoms with Crippen molar-refractivity contribution in [3.63, 3.8) is 0 Å². The van der Waals surface area contributed by atoms with Gasteiger partial charge in [0, 0.05) is 18.7 Å². The molecular formula is C23H27FN4O3. The number of hydrogen-bond acceptors (Lipinski definition) is 5. The number of nitrogens with one attached hydrogen (secondary N) is 3. The van der Waals surface area contributed by atoms with Crippen LogP contribution < -0.4 is 20.7 Å². The van der Waals surface area contributed by atoms with Crippen molar-refractivity contribution >= 4 is 17.5 Å². The number of hydrogen-bond donors (Lipinski definition) is 3. The molecule has 1 unspecified atom stereocenters. The molecule has 0 saturated carbocycles. The van der Waals surface area contributed by atoms with Crippen LogP contribution in [0.5, 0.6) is 5.75 Å². The van der Waals surface area contributed by atoms with Gasteiger partial charge in [-0.1, -0.05) is 19.9 Å². The second kappa shape index (κ2) is 11.6. The molecule has 2 amide bonds. The summed E-state index contributed by atoms with van der Waals surface area (Å²) in [6.45, 7) is 6.62. The van der Waals surface area contributed by atoms with Crippen LogP contribution in [0.15, 0.2) is 42.5 Å². The molecule has 1 atom stereocenters. The normalized spacial score (nSPS) is 11.4. The average molecular weight is 426 g/mol. The van der Waals surface area contributed by atoms with E-state index in [0.29, 0.717) is 30.2 Å². The smallest absolute Gasteiger partial charge is 0.251 e. The quantitative estimate of drug-likeness (QED) is 0.507. The van der Waals surface area contributed by atoms with Crippen molar-refractivity contribution in [2.24, 2.45) is 5.92 Å². The predicted molar refractivity (Wildman–Crippen MR) is 116 cm³/mol. The molecule has 2 aromatic rings. The van der Waals surface area contributed by atoms with Gasteiger partial charge in [0.1, 0.15) is 29.2 Å². The van der Waals surface area contributed by atoms with Crippen molar-refractivity contribution in [2.45, 2.75) is 26.8 Å². The van der Waals surface area contributed by atoms with Crippen LogP contribution in [-0.2, 0) is 4.79 Å². The lowest BCUT2D eigenvalue weighted by Gasteiger charge is -2.22. The Morgan fingerprint density at radius 1 is 1.13 bits per heavy atom. The molecule has 0 radical (unpaired) electrons. The van der Waals surface area contributed by atoms with Crippen LogP contribution in [0.2, 0.25) is 0 Å². The van der Waals surface area contributed by atoms with E-state index in [2.05, 4.69) is 16.0 Å². The lowest BCUT2D eigenvalue weighted by molar-refractivity contribution is -0.123. The zero-order valence-electron chi connectivity index (χ0n) is 17.9. The molecule has 0 aliphatic carbocycles. The second-order valence-electron chi connectivity index (χ2n) is 7.14. The lowest BCUT2D eigenvalue weighted by atomic mass is 10.0. The molecule has 31 heavy (non-hydrogen) atoms. The minimum absolute atomic E-state index is 0.0727. The van der Waals surface area contributed by atoms with Crippen molar-refractivity contribution in [3.8, 4) is 11.8 Å². The SMILES string of the molecule is CCOc1ccc(C(=O)NC(C(=O)NCCNc2cccc(F)c2C#N)C(C)C)cc1. The maximum atomic E-state index is 13.6. The van der Waals surface area contributed by atoms with Gasteiger partial charge in [0.05, 0.1) is 12.3 Å². The van der Waals surface area contributed by atoms with Gasteiger partial charge < -0.3 is 20.7 Å². The van der Waals surface area contributed by atoms with Gasteiger partial charge in [0.2, 0.25) is 5.91 Å². The Morgan fingerprint density at radius 2 is 1.84 bits per heavy atom. The van der Waals surface area contributed by atoms with Crippen molar-refractivity contribution in [3.05, 3.63) is 59.4 Å². The molecule has 164 valence electrons. The molecule has 0 saturated heterocycles. The van der Waals surface area contributed by atoms with E-state index in [1.807, 2.05) is 26.8 Å². The van der Waals surface area contributed by atoms with Gasteiger partial charge in [-0.15, -0.1) is 0 Å². The molecule has 0 heterocycles. The van der Waals surface area contributed by atoms with Crippen LogP contribution in [0.25, 0.3) is 0 Å². The molecule has 0 bridgehead atoms. The van der Waals surface area contributed by atoms with Crippen LogP contribution in [0, 0.1) is 23.1 Å². The Kier molecular flexibility index (Phi) is 8.82. The number of amides is 2. The molecule has 2 aromatic carbocycles.